The normalized spacial score (nSPS) is 22.9. The minimum atomic E-state index is -4.63. The van der Waals surface area contributed by atoms with Crippen LogP contribution < -0.4 is 16.4 Å². The molecular formula is C12H15F3N4O2. The molecule has 0 bridgehead atoms. The fourth-order valence-corrected chi connectivity index (χ4v) is 2.11. The van der Waals surface area contributed by atoms with Crippen LogP contribution in [0.1, 0.15) is 22.5 Å². The highest BCUT2D eigenvalue weighted by molar-refractivity contribution is 5.97. The number of alkyl halides is 3. The lowest BCUT2D eigenvalue weighted by atomic mass is 10.0. The fourth-order valence-electron chi connectivity index (χ4n) is 2.11. The Kier molecular flexibility index (Phi) is 4.33. The van der Waals surface area contributed by atoms with Crippen LogP contribution in [0.3, 0.4) is 0 Å². The van der Waals surface area contributed by atoms with Gasteiger partial charge in [-0.05, 0) is 25.1 Å². The Labute approximate surface area is 118 Å². The Hall–Kier alpha value is -1.87. The molecule has 1 aromatic heterocycles. The maximum absolute atomic E-state index is 12.7. The number of rotatable bonds is 3. The molecule has 0 unspecified atom stereocenters. The zero-order valence-electron chi connectivity index (χ0n) is 10.9. The van der Waals surface area contributed by atoms with Gasteiger partial charge in [0, 0.05) is 6.54 Å². The van der Waals surface area contributed by atoms with E-state index >= 15 is 0 Å². The third-order valence-electron chi connectivity index (χ3n) is 3.22. The maximum atomic E-state index is 12.7. The fraction of sp³-hybridized carbons (Fsp3) is 0.500. The maximum Gasteiger partial charge on any atom is 0.433 e. The monoisotopic (exact) mass is 304 g/mol. The van der Waals surface area contributed by atoms with E-state index in [0.717, 1.165) is 6.07 Å². The first-order valence-electron chi connectivity index (χ1n) is 6.32. The number of primary amides is 1. The quantitative estimate of drug-likeness (QED) is 0.645. The number of β-amino-alcohol motifs (C(OH)–C–C–N with tert-alkyl or cyclic N) is 1. The molecule has 1 aromatic rings. The molecule has 0 saturated carbocycles. The van der Waals surface area contributed by atoms with E-state index in [1.54, 1.807) is 0 Å². The third kappa shape index (κ3) is 3.61. The molecule has 0 aromatic carbocycles. The first-order chi connectivity index (χ1) is 9.79. The highest BCUT2D eigenvalue weighted by Crippen LogP contribution is 2.29. The molecular weight excluding hydrogens is 289 g/mol. The van der Waals surface area contributed by atoms with Crippen molar-refractivity contribution >= 4 is 11.7 Å². The number of nitrogens with zero attached hydrogens (tertiary/aromatic N) is 1. The highest BCUT2D eigenvalue weighted by atomic mass is 19.4. The molecule has 1 fully saturated rings. The number of anilines is 1. The van der Waals surface area contributed by atoms with Crippen molar-refractivity contribution in [2.45, 2.75) is 24.7 Å². The average Bonchev–Trinajstić information content (AvgIpc) is 2.40. The topological polar surface area (TPSA) is 100 Å². The van der Waals surface area contributed by atoms with E-state index in [2.05, 4.69) is 15.6 Å². The van der Waals surface area contributed by atoms with Crippen LogP contribution >= 0.6 is 0 Å². The van der Waals surface area contributed by atoms with Gasteiger partial charge in [0.1, 0.15) is 11.5 Å². The third-order valence-corrected chi connectivity index (χ3v) is 3.22. The molecule has 1 aliphatic heterocycles. The van der Waals surface area contributed by atoms with E-state index in [1.165, 1.54) is 0 Å². The van der Waals surface area contributed by atoms with E-state index in [0.29, 0.717) is 25.6 Å². The second-order valence-electron chi connectivity index (χ2n) is 4.77. The molecule has 21 heavy (non-hydrogen) atoms. The molecule has 1 saturated heterocycles. The minimum Gasteiger partial charge on any atom is -0.390 e. The van der Waals surface area contributed by atoms with Gasteiger partial charge in [-0.2, -0.15) is 13.2 Å². The first kappa shape index (κ1) is 15.5. The van der Waals surface area contributed by atoms with Crippen molar-refractivity contribution in [3.05, 3.63) is 23.4 Å². The van der Waals surface area contributed by atoms with Gasteiger partial charge in [-0.15, -0.1) is 0 Å². The van der Waals surface area contributed by atoms with Crippen molar-refractivity contribution in [3.8, 4) is 0 Å². The summed E-state index contributed by atoms with van der Waals surface area (Å²) in [5.41, 5.74) is 3.87. The Morgan fingerprint density at radius 1 is 1.48 bits per heavy atom. The number of aliphatic hydroxyl groups is 1. The second-order valence-corrected chi connectivity index (χ2v) is 4.77. The molecule has 2 rings (SSSR count). The lowest BCUT2D eigenvalue weighted by Crippen LogP contribution is -2.48. The number of amides is 1. The Bertz CT molecular complexity index is 536. The zero-order chi connectivity index (χ0) is 15.6. The number of halogens is 3. The Morgan fingerprint density at radius 3 is 2.76 bits per heavy atom. The van der Waals surface area contributed by atoms with Crippen molar-refractivity contribution in [2.24, 2.45) is 5.73 Å². The number of nitrogens with two attached hydrogens (primary N) is 1. The lowest BCUT2D eigenvalue weighted by Gasteiger charge is -2.30. The van der Waals surface area contributed by atoms with Crippen LogP contribution in [0.5, 0.6) is 0 Å². The van der Waals surface area contributed by atoms with Crippen LogP contribution in [0.4, 0.5) is 19.0 Å². The summed E-state index contributed by atoms with van der Waals surface area (Å²) >= 11 is 0. The van der Waals surface area contributed by atoms with Gasteiger partial charge >= 0.3 is 6.18 Å². The van der Waals surface area contributed by atoms with Crippen LogP contribution in [0.2, 0.25) is 0 Å². The van der Waals surface area contributed by atoms with Gasteiger partial charge in [-0.25, -0.2) is 4.98 Å². The summed E-state index contributed by atoms with van der Waals surface area (Å²) in [6.07, 6.45) is -4.94. The molecule has 0 spiro atoms. The lowest BCUT2D eigenvalue weighted by molar-refractivity contribution is -0.141. The van der Waals surface area contributed by atoms with Gasteiger partial charge in [-0.3, -0.25) is 4.79 Å². The largest absolute Gasteiger partial charge is 0.433 e. The zero-order valence-corrected chi connectivity index (χ0v) is 10.9. The Balaban J connectivity index is 2.32. The highest BCUT2D eigenvalue weighted by Gasteiger charge is 2.34. The van der Waals surface area contributed by atoms with Gasteiger partial charge in [-0.1, -0.05) is 0 Å². The SMILES string of the molecule is NC(=O)c1ccc(C(F)(F)F)nc1N[C@@H]1CCNC[C@H]1O. The predicted molar refractivity (Wildman–Crippen MR) is 68.7 cm³/mol. The molecule has 2 atom stereocenters. The number of aromatic nitrogens is 1. The summed E-state index contributed by atoms with van der Waals surface area (Å²) in [6.45, 7) is 0.905. The van der Waals surface area contributed by atoms with Crippen molar-refractivity contribution in [1.29, 1.82) is 0 Å². The van der Waals surface area contributed by atoms with Crippen molar-refractivity contribution in [3.63, 3.8) is 0 Å². The minimum absolute atomic E-state index is 0.145. The number of carbonyl (C=O) groups excluding carboxylic acids is 1. The van der Waals surface area contributed by atoms with Crippen LogP contribution in [0.15, 0.2) is 12.1 Å². The molecule has 1 amide bonds. The summed E-state index contributed by atoms with van der Waals surface area (Å²) in [5, 5.41) is 15.4. The number of piperidine rings is 1. The molecule has 9 heteroatoms. The standard InChI is InChI=1S/C12H15F3N4O2/c13-12(14,15)9-2-1-6(10(16)21)11(19-9)18-7-3-4-17-5-8(7)20/h1-2,7-8,17,20H,3-5H2,(H2,16,21)(H,18,19)/t7-,8-/m1/s1. The summed E-state index contributed by atoms with van der Waals surface area (Å²) in [6, 6.07) is 1.18. The summed E-state index contributed by atoms with van der Waals surface area (Å²) in [4.78, 5) is 14.7. The molecule has 6 nitrogen and oxygen atoms in total. The summed E-state index contributed by atoms with van der Waals surface area (Å²) in [7, 11) is 0. The number of carbonyl (C=O) groups is 1. The number of aliphatic hydroxyl groups excluding tert-OH is 1. The number of pyridine rings is 1. The predicted octanol–water partition coefficient (Wildman–Crippen LogP) is 0.334. The van der Waals surface area contributed by atoms with Crippen molar-refractivity contribution < 1.29 is 23.1 Å². The molecule has 5 N–H and O–H groups in total. The average molecular weight is 304 g/mol. The second kappa shape index (κ2) is 5.86. The van der Waals surface area contributed by atoms with E-state index in [-0.39, 0.29) is 11.4 Å². The number of hydrogen-bond donors (Lipinski definition) is 4. The summed E-state index contributed by atoms with van der Waals surface area (Å²) < 4.78 is 38.1. The van der Waals surface area contributed by atoms with E-state index in [9.17, 15) is 23.1 Å². The molecule has 116 valence electrons. The molecule has 2 heterocycles. The van der Waals surface area contributed by atoms with Crippen LogP contribution in [-0.2, 0) is 6.18 Å². The molecule has 0 radical (unpaired) electrons. The van der Waals surface area contributed by atoms with E-state index in [1.807, 2.05) is 0 Å². The van der Waals surface area contributed by atoms with Gasteiger partial charge in [0.2, 0.25) is 0 Å². The smallest absolute Gasteiger partial charge is 0.390 e. The van der Waals surface area contributed by atoms with E-state index in [4.69, 9.17) is 5.73 Å². The molecule has 0 aliphatic carbocycles. The van der Waals surface area contributed by atoms with Gasteiger partial charge < -0.3 is 21.5 Å². The Morgan fingerprint density at radius 2 is 2.19 bits per heavy atom. The number of nitrogens with one attached hydrogen (secondary N) is 2. The number of hydrogen-bond acceptors (Lipinski definition) is 5. The van der Waals surface area contributed by atoms with E-state index < -0.39 is 29.9 Å². The van der Waals surface area contributed by atoms with Crippen LogP contribution in [0, 0.1) is 0 Å². The van der Waals surface area contributed by atoms with Gasteiger partial charge in [0.25, 0.3) is 5.91 Å². The summed E-state index contributed by atoms with van der Waals surface area (Å²) in [5.74, 6) is -1.15. The van der Waals surface area contributed by atoms with Gasteiger partial charge in [0.05, 0.1) is 17.7 Å². The molecule has 1 aliphatic rings. The van der Waals surface area contributed by atoms with Crippen LogP contribution in [-0.4, -0.2) is 41.2 Å². The van der Waals surface area contributed by atoms with Crippen molar-refractivity contribution in [2.75, 3.05) is 18.4 Å². The van der Waals surface area contributed by atoms with Gasteiger partial charge in [0.15, 0.2) is 0 Å². The van der Waals surface area contributed by atoms with Crippen LogP contribution in [0.25, 0.3) is 0 Å². The van der Waals surface area contributed by atoms with Crippen molar-refractivity contribution in [1.82, 2.24) is 10.3 Å². The first-order valence-corrected chi connectivity index (χ1v) is 6.32.